The van der Waals surface area contributed by atoms with Gasteiger partial charge in [-0.3, -0.25) is 4.79 Å². The van der Waals surface area contributed by atoms with Gasteiger partial charge >= 0.3 is 0 Å². The van der Waals surface area contributed by atoms with Crippen molar-refractivity contribution in [1.82, 2.24) is 8.75 Å². The molecule has 20 heavy (non-hydrogen) atoms. The lowest BCUT2D eigenvalue weighted by atomic mass is 10.00. The lowest BCUT2D eigenvalue weighted by Crippen LogP contribution is -2.33. The van der Waals surface area contributed by atoms with Crippen LogP contribution in [0.2, 0.25) is 10.0 Å². The molecule has 2 rings (SSSR count). The van der Waals surface area contributed by atoms with Crippen LogP contribution in [0.4, 0.5) is 5.69 Å². The van der Waals surface area contributed by atoms with Gasteiger partial charge in [0.2, 0.25) is 5.91 Å². The first-order valence-electron chi connectivity index (χ1n) is 5.97. The molecule has 0 aliphatic rings. The summed E-state index contributed by atoms with van der Waals surface area (Å²) in [6.45, 7) is 3.75. The molecule has 0 bridgehead atoms. The summed E-state index contributed by atoms with van der Waals surface area (Å²) >= 11 is 13.2. The predicted octanol–water partition coefficient (Wildman–Crippen LogP) is 3.45. The number of aromatic nitrogens is 2. The van der Waals surface area contributed by atoms with Crippen molar-refractivity contribution in [2.24, 2.45) is 5.73 Å². The molecule has 1 amide bonds. The molecular weight excluding hydrogens is 319 g/mol. The van der Waals surface area contributed by atoms with Gasteiger partial charge in [0.1, 0.15) is 11.0 Å². The second kappa shape index (κ2) is 5.81. The molecule has 3 N–H and O–H groups in total. The molecule has 0 atom stereocenters. The average Bonchev–Trinajstić information content (AvgIpc) is 2.80. The van der Waals surface area contributed by atoms with Crippen molar-refractivity contribution in [3.05, 3.63) is 16.1 Å². The van der Waals surface area contributed by atoms with Crippen LogP contribution in [0.25, 0.3) is 11.0 Å². The first kappa shape index (κ1) is 15.4. The fourth-order valence-corrected chi connectivity index (χ4v) is 2.79. The Kier molecular flexibility index (Phi) is 4.49. The van der Waals surface area contributed by atoms with E-state index < -0.39 is 5.54 Å². The summed E-state index contributed by atoms with van der Waals surface area (Å²) in [5.74, 6) is -0.165. The Labute approximate surface area is 130 Å². The van der Waals surface area contributed by atoms with Crippen molar-refractivity contribution < 1.29 is 4.79 Å². The number of carbonyl (C=O) groups is 1. The molecule has 0 aliphatic carbocycles. The molecule has 1 heterocycles. The molecule has 8 heteroatoms. The number of carbonyl (C=O) groups excluding carboxylic acids is 1. The van der Waals surface area contributed by atoms with Gasteiger partial charge in [0.15, 0.2) is 0 Å². The maximum atomic E-state index is 12.0. The maximum absolute atomic E-state index is 12.0. The number of nitrogens with zero attached hydrogens (tertiary/aromatic N) is 2. The van der Waals surface area contributed by atoms with Gasteiger partial charge in [0.05, 0.1) is 27.5 Å². The zero-order valence-corrected chi connectivity index (χ0v) is 13.4. The van der Waals surface area contributed by atoms with Crippen LogP contribution in [0.3, 0.4) is 0 Å². The quantitative estimate of drug-likeness (QED) is 0.898. The molecular formula is C12H14Cl2N4OS. The van der Waals surface area contributed by atoms with E-state index in [1.807, 2.05) is 13.8 Å². The van der Waals surface area contributed by atoms with Crippen molar-refractivity contribution in [3.8, 4) is 0 Å². The van der Waals surface area contributed by atoms with E-state index in [-0.39, 0.29) is 5.91 Å². The Morgan fingerprint density at radius 3 is 2.65 bits per heavy atom. The zero-order chi connectivity index (χ0) is 14.9. The molecule has 2 aromatic rings. The van der Waals surface area contributed by atoms with Crippen LogP contribution in [0, 0.1) is 0 Å². The molecule has 0 aliphatic heterocycles. The van der Waals surface area contributed by atoms with Gasteiger partial charge < -0.3 is 11.1 Å². The highest BCUT2D eigenvalue weighted by molar-refractivity contribution is 7.00. The number of fused-ring (bicyclic) bond motifs is 1. The van der Waals surface area contributed by atoms with Crippen molar-refractivity contribution >= 4 is 57.6 Å². The summed E-state index contributed by atoms with van der Waals surface area (Å²) < 4.78 is 8.21. The van der Waals surface area contributed by atoms with Gasteiger partial charge in [-0.2, -0.15) is 8.75 Å². The number of hydrogen-bond acceptors (Lipinski definition) is 5. The molecule has 0 unspecified atom stereocenters. The summed E-state index contributed by atoms with van der Waals surface area (Å²) in [6, 6.07) is 1.55. The first-order chi connectivity index (χ1) is 9.28. The third-order valence-corrected chi connectivity index (χ3v) is 3.82. The fourth-order valence-electron chi connectivity index (χ4n) is 1.63. The van der Waals surface area contributed by atoms with Gasteiger partial charge in [-0.1, -0.05) is 23.2 Å². The topological polar surface area (TPSA) is 80.9 Å². The summed E-state index contributed by atoms with van der Waals surface area (Å²) in [7, 11) is 0. The van der Waals surface area contributed by atoms with Crippen molar-refractivity contribution in [1.29, 1.82) is 0 Å². The van der Waals surface area contributed by atoms with Crippen LogP contribution in [0.15, 0.2) is 6.07 Å². The van der Waals surface area contributed by atoms with Crippen molar-refractivity contribution in [2.45, 2.75) is 32.2 Å². The third kappa shape index (κ3) is 3.58. The standard InChI is InChI=1S/C12H14Cl2N4OS/c1-12(2,15)4-3-8(19)16-9-6(13)5-7(14)10-11(9)18-20-17-10/h5H,3-4,15H2,1-2H3,(H,16,19). The van der Waals surface area contributed by atoms with E-state index in [4.69, 9.17) is 28.9 Å². The fraction of sp³-hybridized carbons (Fsp3) is 0.417. The number of nitrogens with two attached hydrogens (primary N) is 1. The molecule has 0 radical (unpaired) electrons. The summed E-state index contributed by atoms with van der Waals surface area (Å²) in [6.07, 6.45) is 0.879. The number of amides is 1. The summed E-state index contributed by atoms with van der Waals surface area (Å²) in [5.41, 5.74) is 6.96. The third-order valence-electron chi connectivity index (χ3n) is 2.70. The minimum Gasteiger partial charge on any atom is -0.326 e. The minimum absolute atomic E-state index is 0.165. The van der Waals surface area contributed by atoms with Gasteiger partial charge in [-0.15, -0.1) is 0 Å². The Balaban J connectivity index is 2.21. The molecule has 0 saturated carbocycles. The smallest absolute Gasteiger partial charge is 0.224 e. The van der Waals surface area contributed by atoms with Crippen LogP contribution < -0.4 is 11.1 Å². The predicted molar refractivity (Wildman–Crippen MR) is 83.6 cm³/mol. The van der Waals surface area contributed by atoms with Crippen molar-refractivity contribution in [3.63, 3.8) is 0 Å². The monoisotopic (exact) mass is 332 g/mol. The van der Waals surface area contributed by atoms with E-state index in [0.717, 1.165) is 11.7 Å². The van der Waals surface area contributed by atoms with E-state index in [9.17, 15) is 4.79 Å². The Morgan fingerprint density at radius 2 is 2.00 bits per heavy atom. The van der Waals surface area contributed by atoms with Crippen molar-refractivity contribution in [2.75, 3.05) is 5.32 Å². The van der Waals surface area contributed by atoms with E-state index in [2.05, 4.69) is 14.1 Å². The van der Waals surface area contributed by atoms with Crippen LogP contribution in [0.1, 0.15) is 26.7 Å². The molecule has 108 valence electrons. The summed E-state index contributed by atoms with van der Waals surface area (Å²) in [5, 5.41) is 3.52. The number of rotatable bonds is 4. The molecule has 0 fully saturated rings. The molecule has 1 aromatic heterocycles. The molecule has 5 nitrogen and oxygen atoms in total. The first-order valence-corrected chi connectivity index (χ1v) is 7.45. The maximum Gasteiger partial charge on any atom is 0.224 e. The van der Waals surface area contributed by atoms with Gasteiger partial charge in [0, 0.05) is 12.0 Å². The van der Waals surface area contributed by atoms with E-state index >= 15 is 0 Å². The zero-order valence-electron chi connectivity index (χ0n) is 11.0. The number of nitrogens with one attached hydrogen (secondary N) is 1. The Hall–Kier alpha value is -0.950. The highest BCUT2D eigenvalue weighted by Crippen LogP contribution is 2.35. The van der Waals surface area contributed by atoms with E-state index in [1.54, 1.807) is 6.07 Å². The Morgan fingerprint density at radius 1 is 1.35 bits per heavy atom. The minimum atomic E-state index is -0.390. The molecule has 1 aromatic carbocycles. The van der Waals surface area contributed by atoms with Crippen LogP contribution >= 0.6 is 34.9 Å². The average molecular weight is 333 g/mol. The van der Waals surface area contributed by atoms with E-state index in [0.29, 0.717) is 39.6 Å². The highest BCUT2D eigenvalue weighted by Gasteiger charge is 2.18. The SMILES string of the molecule is CC(C)(N)CCC(=O)Nc1c(Cl)cc(Cl)c2nsnc12. The van der Waals surface area contributed by atoms with Gasteiger partial charge in [0.25, 0.3) is 0 Å². The Bertz CT molecular complexity index is 651. The molecule has 0 saturated heterocycles. The van der Waals surface area contributed by atoms with Crippen LogP contribution in [0.5, 0.6) is 0 Å². The second-order valence-corrected chi connectivity index (χ2v) is 6.56. The number of benzene rings is 1. The second-order valence-electron chi connectivity index (χ2n) is 5.21. The normalized spacial score (nSPS) is 11.8. The lowest BCUT2D eigenvalue weighted by Gasteiger charge is -2.17. The van der Waals surface area contributed by atoms with Gasteiger partial charge in [-0.05, 0) is 26.3 Å². The summed E-state index contributed by atoms with van der Waals surface area (Å²) in [4.78, 5) is 12.0. The number of halogens is 2. The van der Waals surface area contributed by atoms with Crippen LogP contribution in [-0.2, 0) is 4.79 Å². The largest absolute Gasteiger partial charge is 0.326 e. The lowest BCUT2D eigenvalue weighted by molar-refractivity contribution is -0.116. The van der Waals surface area contributed by atoms with Gasteiger partial charge in [-0.25, -0.2) is 0 Å². The number of hydrogen-bond donors (Lipinski definition) is 2. The van der Waals surface area contributed by atoms with E-state index in [1.165, 1.54) is 0 Å². The molecule has 0 spiro atoms. The number of anilines is 1. The van der Waals surface area contributed by atoms with Crippen LogP contribution in [-0.4, -0.2) is 20.2 Å². The highest BCUT2D eigenvalue weighted by atomic mass is 35.5.